The van der Waals surface area contributed by atoms with Crippen molar-refractivity contribution < 1.29 is 19.1 Å². The number of nitrogens with zero attached hydrogens (tertiary/aromatic N) is 1. The summed E-state index contributed by atoms with van der Waals surface area (Å²) >= 11 is 0. The van der Waals surface area contributed by atoms with Gasteiger partial charge in [-0.15, -0.1) is 0 Å². The molecule has 2 aromatic rings. The lowest BCUT2D eigenvalue weighted by Gasteiger charge is -2.24. The average Bonchev–Trinajstić information content (AvgIpc) is 2.79. The molecule has 1 heterocycles. The summed E-state index contributed by atoms with van der Waals surface area (Å²) < 4.78 is 11.9. The van der Waals surface area contributed by atoms with E-state index in [1.165, 1.54) is 11.1 Å². The van der Waals surface area contributed by atoms with Crippen molar-refractivity contribution in [3.8, 4) is 5.75 Å². The van der Waals surface area contributed by atoms with Crippen molar-refractivity contribution in [3.05, 3.63) is 64.7 Å². The summed E-state index contributed by atoms with van der Waals surface area (Å²) in [5, 5.41) is 2.75. The topological polar surface area (TPSA) is 93.9 Å². The van der Waals surface area contributed by atoms with Crippen molar-refractivity contribution >= 4 is 11.8 Å². The average molecular weight is 468 g/mol. The summed E-state index contributed by atoms with van der Waals surface area (Å²) in [6.45, 7) is 9.16. The van der Waals surface area contributed by atoms with Gasteiger partial charge in [0, 0.05) is 38.0 Å². The van der Waals surface area contributed by atoms with Crippen molar-refractivity contribution in [2.45, 2.75) is 39.7 Å². The first kappa shape index (κ1) is 25.7. The smallest absolute Gasteiger partial charge is 0.251 e. The van der Waals surface area contributed by atoms with Gasteiger partial charge in [0.15, 0.2) is 0 Å². The molecule has 2 aromatic carbocycles. The molecule has 0 saturated carbocycles. The zero-order chi connectivity index (χ0) is 24.3. The second-order valence-electron chi connectivity index (χ2n) is 9.21. The molecule has 0 aliphatic carbocycles. The highest BCUT2D eigenvalue weighted by Crippen LogP contribution is 2.24. The van der Waals surface area contributed by atoms with Crippen LogP contribution in [0.5, 0.6) is 5.75 Å². The van der Waals surface area contributed by atoms with Crippen LogP contribution in [-0.2, 0) is 22.5 Å². The van der Waals surface area contributed by atoms with Crippen LogP contribution in [0.15, 0.2) is 42.5 Å². The Kier molecular flexibility index (Phi) is 9.91. The maximum absolute atomic E-state index is 12.6. The van der Waals surface area contributed by atoms with Gasteiger partial charge in [-0.05, 0) is 53.8 Å². The molecule has 0 atom stereocenters. The molecule has 0 fully saturated rings. The molecule has 0 spiro atoms. The van der Waals surface area contributed by atoms with Crippen molar-refractivity contribution in [2.24, 2.45) is 11.7 Å². The van der Waals surface area contributed by atoms with Crippen molar-refractivity contribution in [3.63, 3.8) is 0 Å². The third kappa shape index (κ3) is 8.47. The molecule has 34 heavy (non-hydrogen) atoms. The van der Waals surface area contributed by atoms with E-state index in [1.807, 2.05) is 12.1 Å². The van der Waals surface area contributed by atoms with Crippen LogP contribution in [0.1, 0.15) is 53.7 Å². The molecular formula is C27H37N3O4. The van der Waals surface area contributed by atoms with Crippen molar-refractivity contribution in [1.29, 1.82) is 0 Å². The number of nitrogens with one attached hydrogen (secondary N) is 1. The van der Waals surface area contributed by atoms with E-state index in [2.05, 4.69) is 48.3 Å². The number of amides is 2. The Morgan fingerprint density at radius 2 is 1.91 bits per heavy atom. The van der Waals surface area contributed by atoms with E-state index in [0.717, 1.165) is 37.4 Å². The first-order chi connectivity index (χ1) is 16.4. The Labute approximate surface area is 202 Å². The third-order valence-corrected chi connectivity index (χ3v) is 5.83. The van der Waals surface area contributed by atoms with Crippen LogP contribution in [-0.4, -0.2) is 56.2 Å². The van der Waals surface area contributed by atoms with E-state index < -0.39 is 5.91 Å². The van der Waals surface area contributed by atoms with Gasteiger partial charge in [0.25, 0.3) is 5.91 Å². The third-order valence-electron chi connectivity index (χ3n) is 5.83. The first-order valence-electron chi connectivity index (χ1n) is 12.1. The number of rotatable bonds is 7. The van der Waals surface area contributed by atoms with Crippen LogP contribution >= 0.6 is 0 Å². The van der Waals surface area contributed by atoms with Crippen molar-refractivity contribution in [1.82, 2.24) is 10.2 Å². The van der Waals surface area contributed by atoms with Crippen LogP contribution in [0, 0.1) is 5.92 Å². The zero-order valence-corrected chi connectivity index (χ0v) is 20.3. The summed E-state index contributed by atoms with van der Waals surface area (Å²) in [7, 11) is 0. The van der Waals surface area contributed by atoms with Gasteiger partial charge in [0.1, 0.15) is 12.4 Å². The molecule has 184 valence electrons. The standard InChI is InChI=1S/C27H37N3O4/c1-20(2)9-11-30-12-13-33-14-15-34-25-7-6-23(27(32)29-10-8-26(28)31)18-24(25)17-21-4-3-5-22(16-21)19-30/h3-7,16,18,20H,8-15,17,19H2,1-2H3,(H2,28,31)(H,29,32). The minimum Gasteiger partial charge on any atom is -0.491 e. The van der Waals surface area contributed by atoms with Gasteiger partial charge in [-0.3, -0.25) is 14.5 Å². The van der Waals surface area contributed by atoms with Crippen molar-refractivity contribution in [2.75, 3.05) is 39.5 Å². The van der Waals surface area contributed by atoms with E-state index in [9.17, 15) is 9.59 Å². The molecule has 0 aromatic heterocycles. The molecule has 1 aliphatic heterocycles. The molecule has 0 unspecified atom stereocenters. The molecular weight excluding hydrogens is 430 g/mol. The summed E-state index contributed by atoms with van der Waals surface area (Å²) in [6, 6.07) is 14.0. The fourth-order valence-electron chi connectivity index (χ4n) is 3.93. The molecule has 3 N–H and O–H groups in total. The number of hydrogen-bond acceptors (Lipinski definition) is 5. The number of carbonyl (C=O) groups is 2. The highest BCUT2D eigenvalue weighted by atomic mass is 16.5. The molecule has 2 bridgehead atoms. The lowest BCUT2D eigenvalue weighted by molar-refractivity contribution is -0.117. The Morgan fingerprint density at radius 1 is 1.09 bits per heavy atom. The summed E-state index contributed by atoms with van der Waals surface area (Å²) in [5.74, 6) is 0.731. The summed E-state index contributed by atoms with van der Waals surface area (Å²) in [5.41, 5.74) is 9.06. The number of carbonyl (C=O) groups excluding carboxylic acids is 2. The minimum atomic E-state index is -0.442. The maximum Gasteiger partial charge on any atom is 0.251 e. The number of fused-ring (bicyclic) bond motifs is 3. The van der Waals surface area contributed by atoms with Gasteiger partial charge in [-0.2, -0.15) is 0 Å². The van der Waals surface area contributed by atoms with E-state index >= 15 is 0 Å². The summed E-state index contributed by atoms with van der Waals surface area (Å²) in [4.78, 5) is 26.0. The number of ether oxygens (including phenoxy) is 2. The molecule has 7 nitrogen and oxygen atoms in total. The maximum atomic E-state index is 12.6. The molecule has 7 heteroatoms. The lowest BCUT2D eigenvalue weighted by atomic mass is 9.99. The fraction of sp³-hybridized carbons (Fsp3) is 0.481. The minimum absolute atomic E-state index is 0.112. The van der Waals surface area contributed by atoms with E-state index in [4.69, 9.17) is 15.2 Å². The number of primary amides is 1. The quantitative estimate of drug-likeness (QED) is 0.653. The first-order valence-corrected chi connectivity index (χ1v) is 12.1. The van der Waals surface area contributed by atoms with Gasteiger partial charge >= 0.3 is 0 Å². The number of hydrogen-bond donors (Lipinski definition) is 2. The Hall–Kier alpha value is -2.90. The fourth-order valence-corrected chi connectivity index (χ4v) is 3.93. The highest BCUT2D eigenvalue weighted by molar-refractivity contribution is 5.94. The largest absolute Gasteiger partial charge is 0.491 e. The molecule has 2 amide bonds. The van der Waals surface area contributed by atoms with Gasteiger partial charge < -0.3 is 20.5 Å². The SMILES string of the molecule is CC(C)CCN1CCOCCOc2ccc(C(=O)NCCC(N)=O)cc2Cc2cccc(c2)C1. The second kappa shape index (κ2) is 13.1. The van der Waals surface area contributed by atoms with E-state index in [1.54, 1.807) is 6.07 Å². The Balaban J connectivity index is 1.80. The van der Waals surface area contributed by atoms with Crippen LogP contribution in [0.2, 0.25) is 0 Å². The molecule has 0 radical (unpaired) electrons. The lowest BCUT2D eigenvalue weighted by Crippen LogP contribution is -2.29. The van der Waals surface area contributed by atoms with Crippen LogP contribution in [0.4, 0.5) is 0 Å². The monoisotopic (exact) mass is 467 g/mol. The summed E-state index contributed by atoms with van der Waals surface area (Å²) in [6.07, 6.45) is 1.92. The van der Waals surface area contributed by atoms with Crippen LogP contribution in [0.3, 0.4) is 0 Å². The molecule has 0 saturated heterocycles. The number of nitrogens with two attached hydrogens (primary N) is 1. The molecule has 3 rings (SSSR count). The zero-order valence-electron chi connectivity index (χ0n) is 20.3. The number of benzene rings is 2. The second-order valence-corrected chi connectivity index (χ2v) is 9.21. The predicted octanol–water partition coefficient (Wildman–Crippen LogP) is 3.14. The predicted molar refractivity (Wildman–Crippen MR) is 133 cm³/mol. The highest BCUT2D eigenvalue weighted by Gasteiger charge is 2.14. The normalized spacial score (nSPS) is 15.1. The Morgan fingerprint density at radius 3 is 2.71 bits per heavy atom. The van der Waals surface area contributed by atoms with E-state index in [-0.39, 0.29) is 18.9 Å². The molecule has 1 aliphatic rings. The Bertz CT molecular complexity index is 961. The van der Waals surface area contributed by atoms with Crippen LogP contribution < -0.4 is 15.8 Å². The van der Waals surface area contributed by atoms with Gasteiger partial charge in [0.05, 0.1) is 13.2 Å². The van der Waals surface area contributed by atoms with Gasteiger partial charge in [-0.25, -0.2) is 0 Å². The van der Waals surface area contributed by atoms with Gasteiger partial charge in [-0.1, -0.05) is 38.1 Å². The van der Waals surface area contributed by atoms with Gasteiger partial charge in [0.2, 0.25) is 5.91 Å². The van der Waals surface area contributed by atoms with E-state index in [0.29, 0.717) is 37.7 Å². The van der Waals surface area contributed by atoms with Crippen LogP contribution in [0.25, 0.3) is 0 Å².